The summed E-state index contributed by atoms with van der Waals surface area (Å²) >= 11 is 0. The normalized spacial score (nSPS) is 10.7. The predicted octanol–water partition coefficient (Wildman–Crippen LogP) is 2.47. The molecule has 2 heterocycles. The Morgan fingerprint density at radius 3 is 2.85 bits per heavy atom. The Labute approximate surface area is 155 Å². The molecular weight excluding hydrogens is 342 g/mol. The standard InChI is InChI=1S/C19H17N7O/c1-14-5-6-17(10-18(14)26-13-21-23-24-26)22-19(27)16-4-2-3-15(9-16)11-25-8-7-20-12-25/h2-10,12-13H,11H2,1H3,(H,22,27). The SMILES string of the molecule is Cc1ccc(NC(=O)c2cccc(Cn3ccnc3)c2)cc1-n1cnnn1. The zero-order valence-corrected chi connectivity index (χ0v) is 14.6. The third kappa shape index (κ3) is 3.74. The van der Waals surface area contributed by atoms with Crippen LogP contribution in [-0.2, 0) is 6.54 Å². The molecule has 8 heteroatoms. The summed E-state index contributed by atoms with van der Waals surface area (Å²) in [5.41, 5.74) is 4.11. The molecule has 0 aliphatic heterocycles. The average molecular weight is 359 g/mol. The second-order valence-corrected chi connectivity index (χ2v) is 6.15. The van der Waals surface area contributed by atoms with Crippen LogP contribution < -0.4 is 5.32 Å². The highest BCUT2D eigenvalue weighted by atomic mass is 16.1. The monoisotopic (exact) mass is 359 g/mol. The number of aromatic nitrogens is 6. The first-order valence-electron chi connectivity index (χ1n) is 8.39. The maximum Gasteiger partial charge on any atom is 0.255 e. The minimum absolute atomic E-state index is 0.172. The number of nitrogens with one attached hydrogen (secondary N) is 1. The maximum atomic E-state index is 12.7. The highest BCUT2D eigenvalue weighted by molar-refractivity contribution is 6.04. The van der Waals surface area contributed by atoms with Crippen molar-refractivity contribution < 1.29 is 4.79 Å². The van der Waals surface area contributed by atoms with Gasteiger partial charge in [-0.25, -0.2) is 9.67 Å². The highest BCUT2D eigenvalue weighted by Gasteiger charge is 2.10. The summed E-state index contributed by atoms with van der Waals surface area (Å²) in [4.78, 5) is 16.7. The van der Waals surface area contributed by atoms with Gasteiger partial charge in [0.1, 0.15) is 6.33 Å². The van der Waals surface area contributed by atoms with E-state index in [2.05, 4.69) is 25.8 Å². The lowest BCUT2D eigenvalue weighted by Crippen LogP contribution is -2.13. The summed E-state index contributed by atoms with van der Waals surface area (Å²) in [5, 5.41) is 14.2. The Morgan fingerprint density at radius 1 is 1.15 bits per heavy atom. The third-order valence-electron chi connectivity index (χ3n) is 4.18. The van der Waals surface area contributed by atoms with Gasteiger partial charge in [0.15, 0.2) is 0 Å². The van der Waals surface area contributed by atoms with Gasteiger partial charge in [0.05, 0.1) is 12.0 Å². The molecule has 27 heavy (non-hydrogen) atoms. The van der Waals surface area contributed by atoms with E-state index in [0.29, 0.717) is 17.8 Å². The molecular formula is C19H17N7O. The van der Waals surface area contributed by atoms with Crippen molar-refractivity contribution in [2.75, 3.05) is 5.32 Å². The number of aryl methyl sites for hydroxylation is 1. The molecule has 0 radical (unpaired) electrons. The van der Waals surface area contributed by atoms with E-state index in [9.17, 15) is 4.79 Å². The van der Waals surface area contributed by atoms with Crippen LogP contribution in [0.2, 0.25) is 0 Å². The molecule has 0 unspecified atom stereocenters. The largest absolute Gasteiger partial charge is 0.333 e. The molecule has 0 saturated carbocycles. The van der Waals surface area contributed by atoms with Gasteiger partial charge in [0, 0.05) is 30.2 Å². The molecule has 134 valence electrons. The van der Waals surface area contributed by atoms with Gasteiger partial charge in [-0.15, -0.1) is 5.10 Å². The van der Waals surface area contributed by atoms with E-state index in [1.165, 1.54) is 6.33 Å². The first-order chi connectivity index (χ1) is 13.2. The van der Waals surface area contributed by atoms with Crippen LogP contribution in [0.5, 0.6) is 0 Å². The molecule has 8 nitrogen and oxygen atoms in total. The van der Waals surface area contributed by atoms with Crippen molar-refractivity contribution in [3.63, 3.8) is 0 Å². The number of carbonyl (C=O) groups is 1. The summed E-state index contributed by atoms with van der Waals surface area (Å²) in [7, 11) is 0. The van der Waals surface area contributed by atoms with Crippen molar-refractivity contribution in [2.24, 2.45) is 0 Å². The minimum Gasteiger partial charge on any atom is -0.333 e. The number of amides is 1. The second kappa shape index (κ2) is 7.20. The number of benzene rings is 2. The van der Waals surface area contributed by atoms with Gasteiger partial charge >= 0.3 is 0 Å². The van der Waals surface area contributed by atoms with Crippen molar-refractivity contribution >= 4 is 11.6 Å². The Hall–Kier alpha value is -3.81. The lowest BCUT2D eigenvalue weighted by Gasteiger charge is -2.10. The van der Waals surface area contributed by atoms with Crippen molar-refractivity contribution in [3.8, 4) is 5.69 Å². The van der Waals surface area contributed by atoms with Crippen LogP contribution in [0.3, 0.4) is 0 Å². The van der Waals surface area contributed by atoms with E-state index in [4.69, 9.17) is 0 Å². The van der Waals surface area contributed by atoms with Crippen molar-refractivity contribution in [3.05, 3.63) is 84.2 Å². The van der Waals surface area contributed by atoms with Gasteiger partial charge < -0.3 is 9.88 Å². The van der Waals surface area contributed by atoms with Gasteiger partial charge in [-0.2, -0.15) is 0 Å². The quantitative estimate of drug-likeness (QED) is 0.591. The van der Waals surface area contributed by atoms with Gasteiger partial charge in [-0.3, -0.25) is 4.79 Å². The summed E-state index contributed by atoms with van der Waals surface area (Å²) in [6.45, 7) is 2.62. The van der Waals surface area contributed by atoms with Crippen LogP contribution in [0.1, 0.15) is 21.5 Å². The van der Waals surface area contributed by atoms with Crippen molar-refractivity contribution in [1.29, 1.82) is 0 Å². The molecule has 1 N–H and O–H groups in total. The Bertz CT molecular complexity index is 1060. The van der Waals surface area contributed by atoms with E-state index >= 15 is 0 Å². The third-order valence-corrected chi connectivity index (χ3v) is 4.18. The molecule has 4 aromatic rings. The molecule has 4 rings (SSSR count). The summed E-state index contributed by atoms with van der Waals surface area (Å²) in [6.07, 6.45) is 6.89. The topological polar surface area (TPSA) is 90.5 Å². The molecule has 0 aliphatic rings. The number of hydrogen-bond donors (Lipinski definition) is 1. The van der Waals surface area contributed by atoms with Crippen LogP contribution in [0.4, 0.5) is 5.69 Å². The lowest BCUT2D eigenvalue weighted by atomic mass is 10.1. The Balaban J connectivity index is 1.53. The first kappa shape index (κ1) is 16.6. The van der Waals surface area contributed by atoms with Crippen LogP contribution >= 0.6 is 0 Å². The summed E-state index contributed by atoms with van der Waals surface area (Å²) < 4.78 is 3.52. The number of rotatable bonds is 5. The lowest BCUT2D eigenvalue weighted by molar-refractivity contribution is 0.102. The molecule has 0 bridgehead atoms. The number of imidazole rings is 1. The fraction of sp³-hybridized carbons (Fsp3) is 0.105. The smallest absolute Gasteiger partial charge is 0.255 e. The van der Waals surface area contributed by atoms with Gasteiger partial charge in [0.25, 0.3) is 5.91 Å². The van der Waals surface area contributed by atoms with E-state index in [0.717, 1.165) is 16.8 Å². The zero-order chi connectivity index (χ0) is 18.6. The molecule has 1 amide bonds. The molecule has 2 aromatic heterocycles. The van der Waals surface area contributed by atoms with Crippen LogP contribution in [0.25, 0.3) is 5.69 Å². The number of tetrazole rings is 1. The van der Waals surface area contributed by atoms with Gasteiger partial charge in [0.2, 0.25) is 0 Å². The minimum atomic E-state index is -0.172. The molecule has 0 spiro atoms. The molecule has 0 aliphatic carbocycles. The van der Waals surface area contributed by atoms with Crippen molar-refractivity contribution in [2.45, 2.75) is 13.5 Å². The second-order valence-electron chi connectivity index (χ2n) is 6.15. The zero-order valence-electron chi connectivity index (χ0n) is 14.6. The maximum absolute atomic E-state index is 12.7. The Kier molecular flexibility index (Phi) is 4.44. The molecule has 0 fully saturated rings. The fourth-order valence-corrected chi connectivity index (χ4v) is 2.81. The average Bonchev–Trinajstić information content (AvgIpc) is 3.37. The molecule has 0 atom stereocenters. The number of hydrogen-bond acceptors (Lipinski definition) is 5. The highest BCUT2D eigenvalue weighted by Crippen LogP contribution is 2.19. The first-order valence-corrected chi connectivity index (χ1v) is 8.39. The Morgan fingerprint density at radius 2 is 2.07 bits per heavy atom. The summed E-state index contributed by atoms with van der Waals surface area (Å²) in [5.74, 6) is -0.172. The van der Waals surface area contributed by atoms with Gasteiger partial charge in [-0.05, 0) is 52.7 Å². The van der Waals surface area contributed by atoms with E-state index in [1.807, 2.05) is 54.1 Å². The molecule has 2 aromatic carbocycles. The van der Waals surface area contributed by atoms with Crippen LogP contribution in [-0.4, -0.2) is 35.7 Å². The molecule has 0 saturated heterocycles. The summed E-state index contributed by atoms with van der Waals surface area (Å²) in [6, 6.07) is 13.2. The number of carbonyl (C=O) groups excluding carboxylic acids is 1. The van der Waals surface area contributed by atoms with Crippen LogP contribution in [0.15, 0.2) is 67.5 Å². The fourth-order valence-electron chi connectivity index (χ4n) is 2.81. The van der Waals surface area contributed by atoms with E-state index in [-0.39, 0.29) is 5.91 Å². The van der Waals surface area contributed by atoms with Gasteiger partial charge in [-0.1, -0.05) is 18.2 Å². The van der Waals surface area contributed by atoms with Crippen molar-refractivity contribution in [1.82, 2.24) is 29.8 Å². The predicted molar refractivity (Wildman–Crippen MR) is 99.6 cm³/mol. The van der Waals surface area contributed by atoms with Crippen LogP contribution in [0, 0.1) is 6.92 Å². The van der Waals surface area contributed by atoms with E-state index < -0.39 is 0 Å². The van der Waals surface area contributed by atoms with E-state index in [1.54, 1.807) is 23.3 Å². The number of anilines is 1. The number of nitrogens with zero attached hydrogens (tertiary/aromatic N) is 6.